The number of hydrogen-bond donors (Lipinski definition) is 1. The van der Waals surface area contributed by atoms with Gasteiger partial charge in [-0.05, 0) is 50.9 Å². The van der Waals surface area contributed by atoms with E-state index in [4.69, 9.17) is 4.74 Å². The molecule has 0 saturated carbocycles. The Kier molecular flexibility index (Phi) is 4.59. The second kappa shape index (κ2) is 6.19. The van der Waals surface area contributed by atoms with E-state index in [2.05, 4.69) is 5.32 Å². The highest BCUT2D eigenvalue weighted by atomic mass is 19.1. The summed E-state index contributed by atoms with van der Waals surface area (Å²) in [6.07, 6.45) is 2.43. The van der Waals surface area contributed by atoms with Crippen LogP contribution >= 0.6 is 0 Å². The molecule has 0 amide bonds. The Hall–Kier alpha value is -1.09. The molecule has 2 nitrogen and oxygen atoms in total. The molecule has 1 aliphatic heterocycles. The lowest BCUT2D eigenvalue weighted by atomic mass is 9.96. The van der Waals surface area contributed by atoms with E-state index in [1.807, 2.05) is 38.1 Å². The molecular formula is C15H22FNO. The predicted octanol–water partition coefficient (Wildman–Crippen LogP) is 3.63. The molecule has 0 spiro atoms. The van der Waals surface area contributed by atoms with Crippen molar-refractivity contribution in [1.82, 2.24) is 5.32 Å². The van der Waals surface area contributed by atoms with E-state index in [1.54, 1.807) is 0 Å². The average molecular weight is 251 g/mol. The molecule has 1 N–H and O–H groups in total. The maximum atomic E-state index is 14.3. The topological polar surface area (TPSA) is 21.3 Å². The van der Waals surface area contributed by atoms with Crippen LogP contribution in [0.5, 0.6) is 5.75 Å². The number of nitrogens with one attached hydrogen (secondary N) is 1. The van der Waals surface area contributed by atoms with Gasteiger partial charge in [-0.15, -0.1) is 0 Å². The molecule has 18 heavy (non-hydrogen) atoms. The van der Waals surface area contributed by atoms with Crippen molar-refractivity contribution in [3.8, 4) is 5.75 Å². The smallest absolute Gasteiger partial charge is 0.140 e. The first-order valence-corrected chi connectivity index (χ1v) is 6.81. The summed E-state index contributed by atoms with van der Waals surface area (Å²) >= 11 is 0. The molecule has 1 heterocycles. The van der Waals surface area contributed by atoms with Crippen LogP contribution in [0.3, 0.4) is 0 Å². The van der Waals surface area contributed by atoms with Gasteiger partial charge in [0.15, 0.2) is 0 Å². The molecule has 1 saturated heterocycles. The molecule has 2 atom stereocenters. The molecule has 2 rings (SSSR count). The molecule has 1 aromatic carbocycles. The van der Waals surface area contributed by atoms with Crippen molar-refractivity contribution >= 4 is 0 Å². The summed E-state index contributed by atoms with van der Waals surface area (Å²) in [5, 5.41) is 3.26. The van der Waals surface area contributed by atoms with Gasteiger partial charge in [-0.2, -0.15) is 0 Å². The number of benzene rings is 1. The molecule has 1 aromatic rings. The molecule has 2 unspecified atom stereocenters. The van der Waals surface area contributed by atoms with Crippen LogP contribution in [0.15, 0.2) is 24.3 Å². The SMILES string of the molecule is CC(C)Oc1ccc(C(F)C2CCCCN2)cc1. The van der Waals surface area contributed by atoms with E-state index in [1.165, 1.54) is 0 Å². The quantitative estimate of drug-likeness (QED) is 0.882. The lowest BCUT2D eigenvalue weighted by molar-refractivity contribution is 0.220. The van der Waals surface area contributed by atoms with Crippen LogP contribution in [0.4, 0.5) is 4.39 Å². The summed E-state index contributed by atoms with van der Waals surface area (Å²) in [4.78, 5) is 0. The predicted molar refractivity (Wildman–Crippen MR) is 71.7 cm³/mol. The molecule has 0 aromatic heterocycles. The van der Waals surface area contributed by atoms with Gasteiger partial charge in [0, 0.05) is 6.04 Å². The summed E-state index contributed by atoms with van der Waals surface area (Å²) in [5.41, 5.74) is 0.741. The zero-order chi connectivity index (χ0) is 13.0. The van der Waals surface area contributed by atoms with E-state index >= 15 is 0 Å². The fourth-order valence-corrected chi connectivity index (χ4v) is 2.36. The second-order valence-electron chi connectivity index (χ2n) is 5.19. The lowest BCUT2D eigenvalue weighted by Crippen LogP contribution is -2.37. The van der Waals surface area contributed by atoms with E-state index in [0.717, 1.165) is 37.1 Å². The van der Waals surface area contributed by atoms with Crippen LogP contribution in [0, 0.1) is 0 Å². The van der Waals surface area contributed by atoms with Gasteiger partial charge in [-0.25, -0.2) is 4.39 Å². The van der Waals surface area contributed by atoms with Gasteiger partial charge in [0.2, 0.25) is 0 Å². The largest absolute Gasteiger partial charge is 0.491 e. The van der Waals surface area contributed by atoms with Gasteiger partial charge in [0.05, 0.1) is 6.10 Å². The fraction of sp³-hybridized carbons (Fsp3) is 0.600. The van der Waals surface area contributed by atoms with Gasteiger partial charge in [0.25, 0.3) is 0 Å². The van der Waals surface area contributed by atoms with Crippen LogP contribution in [0.2, 0.25) is 0 Å². The van der Waals surface area contributed by atoms with Gasteiger partial charge < -0.3 is 10.1 Å². The summed E-state index contributed by atoms with van der Waals surface area (Å²) in [6, 6.07) is 7.34. The Morgan fingerprint density at radius 3 is 2.50 bits per heavy atom. The fourth-order valence-electron chi connectivity index (χ4n) is 2.36. The highest BCUT2D eigenvalue weighted by Crippen LogP contribution is 2.28. The number of halogens is 1. The zero-order valence-corrected chi connectivity index (χ0v) is 11.2. The first-order valence-electron chi connectivity index (χ1n) is 6.81. The van der Waals surface area contributed by atoms with Crippen molar-refractivity contribution in [2.75, 3.05) is 6.54 Å². The van der Waals surface area contributed by atoms with Crippen LogP contribution in [0.25, 0.3) is 0 Å². The summed E-state index contributed by atoms with van der Waals surface area (Å²) < 4.78 is 19.9. The molecular weight excluding hydrogens is 229 g/mol. The van der Waals surface area contributed by atoms with E-state index in [0.29, 0.717) is 0 Å². The minimum absolute atomic E-state index is 0.0318. The monoisotopic (exact) mass is 251 g/mol. The second-order valence-corrected chi connectivity index (χ2v) is 5.19. The number of ether oxygens (including phenoxy) is 1. The Morgan fingerprint density at radius 1 is 1.22 bits per heavy atom. The Balaban J connectivity index is 1.99. The minimum atomic E-state index is -0.918. The van der Waals surface area contributed by atoms with Crippen molar-refractivity contribution in [2.24, 2.45) is 0 Å². The Morgan fingerprint density at radius 2 is 1.94 bits per heavy atom. The Bertz CT molecular complexity index is 357. The van der Waals surface area contributed by atoms with Crippen molar-refractivity contribution in [3.63, 3.8) is 0 Å². The Labute approximate surface area is 109 Å². The third-order valence-electron chi connectivity index (χ3n) is 3.27. The van der Waals surface area contributed by atoms with Crippen molar-refractivity contribution in [2.45, 2.75) is 51.4 Å². The summed E-state index contributed by atoms with van der Waals surface area (Å²) in [5.74, 6) is 0.803. The van der Waals surface area contributed by atoms with Crippen molar-refractivity contribution in [3.05, 3.63) is 29.8 Å². The third kappa shape index (κ3) is 3.45. The van der Waals surface area contributed by atoms with Gasteiger partial charge in [0.1, 0.15) is 11.9 Å². The first-order chi connectivity index (χ1) is 8.66. The maximum Gasteiger partial charge on any atom is 0.140 e. The summed E-state index contributed by atoms with van der Waals surface area (Å²) in [6.45, 7) is 4.90. The molecule has 0 bridgehead atoms. The van der Waals surface area contributed by atoms with Gasteiger partial charge >= 0.3 is 0 Å². The molecule has 1 fully saturated rings. The molecule has 0 radical (unpaired) electrons. The number of rotatable bonds is 4. The first kappa shape index (κ1) is 13.3. The normalized spacial score (nSPS) is 21.9. The van der Waals surface area contributed by atoms with Crippen molar-refractivity contribution in [1.29, 1.82) is 0 Å². The van der Waals surface area contributed by atoms with Crippen molar-refractivity contribution < 1.29 is 9.13 Å². The average Bonchev–Trinajstić information content (AvgIpc) is 2.39. The zero-order valence-electron chi connectivity index (χ0n) is 11.2. The maximum absolute atomic E-state index is 14.3. The van der Waals surface area contributed by atoms with Crippen LogP contribution in [0.1, 0.15) is 44.8 Å². The minimum Gasteiger partial charge on any atom is -0.491 e. The molecule has 3 heteroatoms. The third-order valence-corrected chi connectivity index (χ3v) is 3.27. The van der Waals surface area contributed by atoms with Crippen LogP contribution in [-0.2, 0) is 0 Å². The van der Waals surface area contributed by atoms with Gasteiger partial charge in [-0.1, -0.05) is 18.6 Å². The molecule has 100 valence electrons. The highest BCUT2D eigenvalue weighted by Gasteiger charge is 2.24. The van der Waals surface area contributed by atoms with E-state index in [-0.39, 0.29) is 12.1 Å². The van der Waals surface area contributed by atoms with Gasteiger partial charge in [-0.3, -0.25) is 0 Å². The summed E-state index contributed by atoms with van der Waals surface area (Å²) in [7, 11) is 0. The molecule has 0 aliphatic carbocycles. The number of piperidine rings is 1. The van der Waals surface area contributed by atoms with E-state index in [9.17, 15) is 4.39 Å². The highest BCUT2D eigenvalue weighted by molar-refractivity contribution is 5.29. The van der Waals surface area contributed by atoms with Crippen LogP contribution in [-0.4, -0.2) is 18.7 Å². The molecule has 1 aliphatic rings. The number of alkyl halides is 1. The van der Waals surface area contributed by atoms with E-state index < -0.39 is 6.17 Å². The number of hydrogen-bond acceptors (Lipinski definition) is 2. The van der Waals surface area contributed by atoms with Crippen LogP contribution < -0.4 is 10.1 Å². The standard InChI is InChI=1S/C15H22FNO/c1-11(2)18-13-8-6-12(7-9-13)15(16)14-5-3-4-10-17-14/h6-9,11,14-15,17H,3-5,10H2,1-2H3. The lowest BCUT2D eigenvalue weighted by Gasteiger charge is -2.26.